The van der Waals surface area contributed by atoms with Crippen LogP contribution in [0.15, 0.2) is 48.9 Å². The third-order valence-corrected chi connectivity index (χ3v) is 6.51. The lowest BCUT2D eigenvalue weighted by Gasteiger charge is -2.18. The van der Waals surface area contributed by atoms with Crippen LogP contribution in [0.1, 0.15) is 19.4 Å². The summed E-state index contributed by atoms with van der Waals surface area (Å²) in [7, 11) is 0. The van der Waals surface area contributed by atoms with E-state index in [1.54, 1.807) is 18.0 Å². The van der Waals surface area contributed by atoms with Crippen LogP contribution in [0.3, 0.4) is 0 Å². The van der Waals surface area contributed by atoms with E-state index in [9.17, 15) is 9.18 Å². The van der Waals surface area contributed by atoms with Gasteiger partial charge in [0.2, 0.25) is 11.9 Å². The first-order valence-electron chi connectivity index (χ1n) is 10.4. The predicted octanol–water partition coefficient (Wildman–Crippen LogP) is 5.15. The van der Waals surface area contributed by atoms with Crippen LogP contribution in [0.4, 0.5) is 10.3 Å². The number of halogens is 1. The van der Waals surface area contributed by atoms with Crippen LogP contribution in [0, 0.1) is 12.7 Å². The normalized spacial score (nSPS) is 11.0. The SMILES string of the molecule is CCN(CCNc1ncc(F)c(-c2cc3cccc(-c4ccncc4C)c3s2)n1)C(C)=O. The molecule has 0 aliphatic carbocycles. The van der Waals surface area contributed by atoms with E-state index in [4.69, 9.17) is 0 Å². The molecular formula is C24H24FN5OS. The number of nitrogens with zero attached hydrogens (tertiary/aromatic N) is 4. The van der Waals surface area contributed by atoms with Crippen LogP contribution in [0.5, 0.6) is 0 Å². The summed E-state index contributed by atoms with van der Waals surface area (Å²) in [6.07, 6.45) is 4.81. The molecule has 0 atom stereocenters. The Balaban J connectivity index is 1.64. The lowest BCUT2D eigenvalue weighted by Crippen LogP contribution is -2.33. The molecule has 0 fully saturated rings. The Bertz CT molecular complexity index is 1270. The van der Waals surface area contributed by atoms with E-state index >= 15 is 0 Å². The topological polar surface area (TPSA) is 71.0 Å². The molecule has 0 aliphatic heterocycles. The molecule has 3 heterocycles. The van der Waals surface area contributed by atoms with Gasteiger partial charge in [-0.05, 0) is 48.1 Å². The molecule has 4 aromatic rings. The zero-order chi connectivity index (χ0) is 22.7. The number of amides is 1. The summed E-state index contributed by atoms with van der Waals surface area (Å²) in [5.41, 5.74) is 3.55. The Hall–Kier alpha value is -3.39. The number of carbonyl (C=O) groups is 1. The molecule has 1 aromatic carbocycles. The minimum Gasteiger partial charge on any atom is -0.352 e. The van der Waals surface area contributed by atoms with Gasteiger partial charge in [0.05, 0.1) is 11.1 Å². The van der Waals surface area contributed by atoms with E-state index in [1.807, 2.05) is 44.3 Å². The Morgan fingerprint density at radius 1 is 1.22 bits per heavy atom. The van der Waals surface area contributed by atoms with Crippen molar-refractivity contribution < 1.29 is 9.18 Å². The molecule has 0 saturated heterocycles. The van der Waals surface area contributed by atoms with Gasteiger partial charge in [0, 0.05) is 43.7 Å². The predicted molar refractivity (Wildman–Crippen MR) is 127 cm³/mol. The summed E-state index contributed by atoms with van der Waals surface area (Å²) in [5, 5.41) is 4.13. The molecule has 32 heavy (non-hydrogen) atoms. The maximum absolute atomic E-state index is 14.7. The van der Waals surface area contributed by atoms with Crippen LogP contribution >= 0.6 is 11.3 Å². The highest BCUT2D eigenvalue weighted by atomic mass is 32.1. The number of fused-ring (bicyclic) bond motifs is 1. The number of carbonyl (C=O) groups excluding carboxylic acids is 1. The zero-order valence-corrected chi connectivity index (χ0v) is 19.0. The number of anilines is 1. The Kier molecular flexibility index (Phi) is 6.41. The second-order valence-corrected chi connectivity index (χ2v) is 8.49. The van der Waals surface area contributed by atoms with Crippen LogP contribution in [0.2, 0.25) is 0 Å². The number of benzene rings is 1. The minimum atomic E-state index is -0.470. The van der Waals surface area contributed by atoms with E-state index < -0.39 is 5.82 Å². The third kappa shape index (κ3) is 4.45. The number of hydrogen-bond acceptors (Lipinski definition) is 6. The third-order valence-electron chi connectivity index (χ3n) is 5.32. The number of thiophene rings is 1. The lowest BCUT2D eigenvalue weighted by atomic mass is 10.0. The fraction of sp³-hybridized carbons (Fsp3) is 0.250. The van der Waals surface area contributed by atoms with Crippen molar-refractivity contribution in [3.8, 4) is 21.7 Å². The first-order valence-corrected chi connectivity index (χ1v) is 11.3. The lowest BCUT2D eigenvalue weighted by molar-refractivity contribution is -0.128. The van der Waals surface area contributed by atoms with Gasteiger partial charge in [-0.15, -0.1) is 11.3 Å². The maximum Gasteiger partial charge on any atom is 0.223 e. The number of aryl methyl sites for hydroxylation is 1. The summed E-state index contributed by atoms with van der Waals surface area (Å²) < 4.78 is 15.7. The highest BCUT2D eigenvalue weighted by Crippen LogP contribution is 2.40. The van der Waals surface area contributed by atoms with Crippen LogP contribution in [-0.2, 0) is 4.79 Å². The van der Waals surface area contributed by atoms with Gasteiger partial charge in [0.1, 0.15) is 5.69 Å². The molecule has 0 saturated carbocycles. The molecule has 1 amide bonds. The summed E-state index contributed by atoms with van der Waals surface area (Å²) in [6, 6.07) is 10.1. The molecule has 0 bridgehead atoms. The number of likely N-dealkylation sites (N-methyl/N-ethyl adjacent to an activating group) is 1. The molecule has 0 unspecified atom stereocenters. The molecular weight excluding hydrogens is 425 g/mol. The van der Waals surface area contributed by atoms with Gasteiger partial charge in [-0.3, -0.25) is 9.78 Å². The van der Waals surface area contributed by atoms with Crippen LogP contribution in [0.25, 0.3) is 31.8 Å². The monoisotopic (exact) mass is 449 g/mol. The molecule has 0 radical (unpaired) electrons. The Labute approximate surface area is 190 Å². The van der Waals surface area contributed by atoms with Crippen LogP contribution < -0.4 is 5.32 Å². The van der Waals surface area contributed by atoms with Gasteiger partial charge < -0.3 is 10.2 Å². The highest BCUT2D eigenvalue weighted by molar-refractivity contribution is 7.22. The van der Waals surface area contributed by atoms with Crippen molar-refractivity contribution >= 4 is 33.3 Å². The van der Waals surface area contributed by atoms with E-state index in [0.29, 0.717) is 25.6 Å². The molecule has 1 N–H and O–H groups in total. The second kappa shape index (κ2) is 9.40. The summed E-state index contributed by atoms with van der Waals surface area (Å²) in [5.74, 6) is -0.119. The first kappa shape index (κ1) is 21.8. The second-order valence-electron chi connectivity index (χ2n) is 7.44. The van der Waals surface area contributed by atoms with Gasteiger partial charge in [0.15, 0.2) is 5.82 Å². The van der Waals surface area contributed by atoms with Crippen molar-refractivity contribution in [1.29, 1.82) is 0 Å². The maximum atomic E-state index is 14.7. The first-order chi connectivity index (χ1) is 15.5. The Morgan fingerprint density at radius 2 is 2.06 bits per heavy atom. The molecule has 8 heteroatoms. The van der Waals surface area contributed by atoms with Gasteiger partial charge in [-0.1, -0.05) is 18.2 Å². The molecule has 6 nitrogen and oxygen atoms in total. The molecule has 3 aromatic heterocycles. The quantitative estimate of drug-likeness (QED) is 0.423. The molecule has 0 spiro atoms. The largest absolute Gasteiger partial charge is 0.352 e. The van der Waals surface area contributed by atoms with Gasteiger partial charge in [-0.2, -0.15) is 0 Å². The number of nitrogens with one attached hydrogen (secondary N) is 1. The van der Waals surface area contributed by atoms with E-state index in [-0.39, 0.29) is 11.6 Å². The fourth-order valence-electron chi connectivity index (χ4n) is 3.63. The van der Waals surface area contributed by atoms with Crippen LogP contribution in [-0.4, -0.2) is 45.4 Å². The number of pyridine rings is 1. The highest BCUT2D eigenvalue weighted by Gasteiger charge is 2.16. The van der Waals surface area contributed by atoms with E-state index in [2.05, 4.69) is 26.3 Å². The minimum absolute atomic E-state index is 0.0144. The summed E-state index contributed by atoms with van der Waals surface area (Å²) >= 11 is 1.51. The average Bonchev–Trinajstić information content (AvgIpc) is 3.22. The van der Waals surface area contributed by atoms with Gasteiger partial charge in [0.25, 0.3) is 0 Å². The molecule has 164 valence electrons. The van der Waals surface area contributed by atoms with Crippen molar-refractivity contribution in [3.63, 3.8) is 0 Å². The average molecular weight is 450 g/mol. The smallest absolute Gasteiger partial charge is 0.223 e. The zero-order valence-electron chi connectivity index (χ0n) is 18.2. The number of hydrogen-bond donors (Lipinski definition) is 1. The number of aromatic nitrogens is 3. The Morgan fingerprint density at radius 3 is 2.81 bits per heavy atom. The fourth-order valence-corrected chi connectivity index (χ4v) is 4.81. The standard InChI is InChI=1S/C24H24FN5OS/c1-4-30(16(3)31)11-10-27-24-28-14-20(25)22(29-24)21-12-17-6-5-7-19(23(17)32-21)18-8-9-26-13-15(18)2/h5-9,12-14H,4,10-11H2,1-3H3,(H,27,28,29). The van der Waals surface area contributed by atoms with Crippen molar-refractivity contribution in [1.82, 2.24) is 19.9 Å². The summed E-state index contributed by atoms with van der Waals surface area (Å²) in [4.78, 5) is 26.7. The van der Waals surface area contributed by atoms with Crippen molar-refractivity contribution in [2.24, 2.45) is 0 Å². The van der Waals surface area contributed by atoms with Crippen molar-refractivity contribution in [2.45, 2.75) is 20.8 Å². The van der Waals surface area contributed by atoms with Crippen molar-refractivity contribution in [2.75, 3.05) is 25.0 Å². The van der Waals surface area contributed by atoms with E-state index in [1.165, 1.54) is 17.5 Å². The van der Waals surface area contributed by atoms with Gasteiger partial charge >= 0.3 is 0 Å². The van der Waals surface area contributed by atoms with Crippen molar-refractivity contribution in [3.05, 3.63) is 60.3 Å². The molecule has 4 rings (SSSR count). The van der Waals surface area contributed by atoms with E-state index in [0.717, 1.165) is 31.7 Å². The number of rotatable bonds is 7. The molecule has 0 aliphatic rings. The summed E-state index contributed by atoms with van der Waals surface area (Å²) in [6.45, 7) is 7.14. The van der Waals surface area contributed by atoms with Gasteiger partial charge in [-0.25, -0.2) is 14.4 Å².